The Kier molecular flexibility index (Phi) is 4.98. The van der Waals surface area contributed by atoms with Gasteiger partial charge in [0, 0.05) is 6.21 Å². The first-order chi connectivity index (χ1) is 13.0. The molecule has 1 aromatic heterocycles. The van der Waals surface area contributed by atoms with Gasteiger partial charge in [0.1, 0.15) is 5.56 Å². The van der Waals surface area contributed by atoms with Crippen LogP contribution in [0.5, 0.6) is 5.88 Å². The predicted molar refractivity (Wildman–Crippen MR) is 99.4 cm³/mol. The molecule has 8 heteroatoms. The number of nitrogens with zero attached hydrogens (tertiary/aromatic N) is 2. The van der Waals surface area contributed by atoms with Crippen LogP contribution in [0.4, 0.5) is 5.69 Å². The van der Waals surface area contributed by atoms with E-state index < -0.39 is 23.1 Å². The smallest absolute Gasteiger partial charge is 0.340 e. The van der Waals surface area contributed by atoms with E-state index >= 15 is 0 Å². The van der Waals surface area contributed by atoms with Crippen molar-refractivity contribution in [2.75, 3.05) is 7.11 Å². The maximum absolute atomic E-state index is 12.1. The molecule has 0 bridgehead atoms. The monoisotopic (exact) mass is 365 g/mol. The third kappa shape index (κ3) is 3.54. The molecule has 0 atom stereocenters. The van der Waals surface area contributed by atoms with Gasteiger partial charge in [0.2, 0.25) is 5.88 Å². The van der Waals surface area contributed by atoms with Crippen LogP contribution >= 0.6 is 0 Å². The summed E-state index contributed by atoms with van der Waals surface area (Å²) in [5.41, 5.74) is -0.983. The van der Waals surface area contributed by atoms with Crippen LogP contribution in [0.15, 0.2) is 69.2 Å². The number of aromatic nitrogens is 2. The van der Waals surface area contributed by atoms with Crippen LogP contribution in [0.1, 0.15) is 15.9 Å². The first-order valence-corrected chi connectivity index (χ1v) is 7.88. The molecule has 0 saturated heterocycles. The average Bonchev–Trinajstić information content (AvgIpc) is 2.68. The molecule has 3 aromatic rings. The van der Waals surface area contributed by atoms with Crippen molar-refractivity contribution in [2.45, 2.75) is 0 Å². The third-order valence-corrected chi connectivity index (χ3v) is 3.78. The number of para-hydroxylation sites is 2. The van der Waals surface area contributed by atoms with E-state index in [9.17, 15) is 19.5 Å². The van der Waals surface area contributed by atoms with Gasteiger partial charge in [-0.25, -0.2) is 14.2 Å². The molecule has 1 heterocycles. The summed E-state index contributed by atoms with van der Waals surface area (Å²) in [6.45, 7) is 0. The lowest BCUT2D eigenvalue weighted by molar-refractivity contribution is 0.0601. The van der Waals surface area contributed by atoms with E-state index in [4.69, 9.17) is 4.74 Å². The fraction of sp³-hybridized carbons (Fsp3) is 0.0526. The molecule has 8 nitrogen and oxygen atoms in total. The molecule has 0 aliphatic heterocycles. The summed E-state index contributed by atoms with van der Waals surface area (Å²) in [5.74, 6) is -1.15. The summed E-state index contributed by atoms with van der Waals surface area (Å²) in [6, 6.07) is 14.7. The fourth-order valence-corrected chi connectivity index (χ4v) is 2.47. The lowest BCUT2D eigenvalue weighted by atomic mass is 10.2. The van der Waals surface area contributed by atoms with E-state index in [1.54, 1.807) is 48.5 Å². The van der Waals surface area contributed by atoms with Gasteiger partial charge < -0.3 is 9.84 Å². The molecule has 136 valence electrons. The third-order valence-electron chi connectivity index (χ3n) is 3.78. The number of esters is 1. The van der Waals surface area contributed by atoms with Gasteiger partial charge in [-0.3, -0.25) is 14.8 Å². The summed E-state index contributed by atoms with van der Waals surface area (Å²) >= 11 is 0. The quantitative estimate of drug-likeness (QED) is 0.540. The number of hydrogen-bond acceptors (Lipinski definition) is 6. The fourth-order valence-electron chi connectivity index (χ4n) is 2.47. The van der Waals surface area contributed by atoms with Crippen LogP contribution < -0.4 is 11.2 Å². The molecule has 0 radical (unpaired) electrons. The molecule has 0 aliphatic carbocycles. The maximum Gasteiger partial charge on any atom is 0.340 e. The van der Waals surface area contributed by atoms with Crippen molar-refractivity contribution >= 4 is 17.9 Å². The second-order valence-corrected chi connectivity index (χ2v) is 5.43. The van der Waals surface area contributed by atoms with E-state index in [2.05, 4.69) is 9.98 Å². The Morgan fingerprint density at radius 3 is 2.48 bits per heavy atom. The highest BCUT2D eigenvalue weighted by Gasteiger charge is 2.15. The largest absolute Gasteiger partial charge is 0.493 e. The lowest BCUT2D eigenvalue weighted by Crippen LogP contribution is -2.31. The highest BCUT2D eigenvalue weighted by atomic mass is 16.5. The summed E-state index contributed by atoms with van der Waals surface area (Å²) in [4.78, 5) is 42.3. The van der Waals surface area contributed by atoms with Crippen LogP contribution in [-0.2, 0) is 4.74 Å². The number of aromatic amines is 1. The van der Waals surface area contributed by atoms with E-state index in [1.165, 1.54) is 13.2 Å². The van der Waals surface area contributed by atoms with Gasteiger partial charge in [-0.05, 0) is 24.3 Å². The second-order valence-electron chi connectivity index (χ2n) is 5.43. The number of aliphatic imine (C=N–C) groups is 1. The number of carbonyl (C=O) groups is 1. The van der Waals surface area contributed by atoms with Crippen molar-refractivity contribution in [3.05, 3.63) is 86.6 Å². The van der Waals surface area contributed by atoms with Gasteiger partial charge >= 0.3 is 11.7 Å². The van der Waals surface area contributed by atoms with Gasteiger partial charge in [-0.15, -0.1) is 0 Å². The minimum Gasteiger partial charge on any atom is -0.493 e. The number of methoxy groups -OCH3 is 1. The predicted octanol–water partition coefficient (Wildman–Crippen LogP) is 1.77. The molecule has 2 N–H and O–H groups in total. The van der Waals surface area contributed by atoms with Gasteiger partial charge in [0.05, 0.1) is 24.0 Å². The standard InChI is InChI=1S/C19H15N3O5/c1-27-18(25)13-9-5-6-10-15(13)20-11-14-16(23)21-19(26)22(17(14)24)12-7-3-2-4-8-12/h2-11,24H,1H3,(H,21,23,26). The number of hydrogen-bond donors (Lipinski definition) is 2. The Morgan fingerprint density at radius 2 is 1.78 bits per heavy atom. The first kappa shape index (κ1) is 17.9. The van der Waals surface area contributed by atoms with Crippen LogP contribution in [0.2, 0.25) is 0 Å². The highest BCUT2D eigenvalue weighted by molar-refractivity contribution is 5.96. The van der Waals surface area contributed by atoms with Crippen molar-refractivity contribution < 1.29 is 14.6 Å². The molecule has 0 amide bonds. The van der Waals surface area contributed by atoms with E-state index in [0.29, 0.717) is 5.69 Å². The van der Waals surface area contributed by atoms with Crippen LogP contribution in [0, 0.1) is 0 Å². The van der Waals surface area contributed by atoms with E-state index in [-0.39, 0.29) is 16.8 Å². The minimum atomic E-state index is -0.802. The van der Waals surface area contributed by atoms with Crippen LogP contribution in [0.3, 0.4) is 0 Å². The Bertz CT molecular complexity index is 1130. The maximum atomic E-state index is 12.1. The van der Waals surface area contributed by atoms with Crippen molar-refractivity contribution in [3.63, 3.8) is 0 Å². The number of carbonyl (C=O) groups excluding carboxylic acids is 1. The van der Waals surface area contributed by atoms with Gasteiger partial charge in [-0.2, -0.15) is 0 Å². The topological polar surface area (TPSA) is 114 Å². The molecule has 27 heavy (non-hydrogen) atoms. The van der Waals surface area contributed by atoms with E-state index in [1.807, 2.05) is 0 Å². The first-order valence-electron chi connectivity index (χ1n) is 7.88. The zero-order valence-corrected chi connectivity index (χ0v) is 14.2. The number of H-pyrrole nitrogens is 1. The summed E-state index contributed by atoms with van der Waals surface area (Å²) in [6.07, 6.45) is 1.09. The number of rotatable bonds is 4. The zero-order valence-electron chi connectivity index (χ0n) is 14.2. The van der Waals surface area contributed by atoms with Crippen molar-refractivity contribution in [3.8, 4) is 11.6 Å². The number of aromatic hydroxyl groups is 1. The highest BCUT2D eigenvalue weighted by Crippen LogP contribution is 2.20. The van der Waals surface area contributed by atoms with Gasteiger partial charge in [-0.1, -0.05) is 30.3 Å². The zero-order chi connectivity index (χ0) is 19.4. The Balaban J connectivity index is 2.12. The SMILES string of the molecule is COC(=O)c1ccccc1N=Cc1c(O)n(-c2ccccc2)c(=O)[nH]c1=O. The van der Waals surface area contributed by atoms with Crippen LogP contribution in [-0.4, -0.2) is 34.0 Å². The Labute approximate surface area is 153 Å². The number of ether oxygens (including phenoxy) is 1. The molecule has 0 spiro atoms. The van der Waals surface area contributed by atoms with Gasteiger partial charge in [0.25, 0.3) is 5.56 Å². The van der Waals surface area contributed by atoms with Gasteiger partial charge in [0.15, 0.2) is 0 Å². The lowest BCUT2D eigenvalue weighted by Gasteiger charge is -2.09. The van der Waals surface area contributed by atoms with Crippen molar-refractivity contribution in [1.82, 2.24) is 9.55 Å². The molecule has 2 aromatic carbocycles. The average molecular weight is 365 g/mol. The van der Waals surface area contributed by atoms with Crippen LogP contribution in [0.25, 0.3) is 5.69 Å². The normalized spacial score (nSPS) is 10.9. The second kappa shape index (κ2) is 7.52. The van der Waals surface area contributed by atoms with E-state index in [0.717, 1.165) is 10.8 Å². The number of nitrogens with one attached hydrogen (secondary N) is 1. The molecular formula is C19H15N3O5. The minimum absolute atomic E-state index is 0.198. The van der Waals surface area contributed by atoms with Crippen molar-refractivity contribution in [1.29, 1.82) is 0 Å². The summed E-state index contributed by atoms with van der Waals surface area (Å²) in [7, 11) is 1.25. The molecule has 0 saturated carbocycles. The molecule has 0 unspecified atom stereocenters. The molecule has 3 rings (SSSR count). The molecule has 0 fully saturated rings. The summed E-state index contributed by atoms with van der Waals surface area (Å²) in [5, 5.41) is 10.5. The number of benzene rings is 2. The molecular weight excluding hydrogens is 350 g/mol. The summed E-state index contributed by atoms with van der Waals surface area (Å²) < 4.78 is 5.65. The van der Waals surface area contributed by atoms with Crippen molar-refractivity contribution in [2.24, 2.45) is 4.99 Å². The Hall–Kier alpha value is -3.94. The Morgan fingerprint density at radius 1 is 1.11 bits per heavy atom. The molecule has 0 aliphatic rings.